The van der Waals surface area contributed by atoms with Crippen molar-refractivity contribution >= 4 is 29.0 Å². The number of anilines is 1. The van der Waals surface area contributed by atoms with Crippen LogP contribution in [-0.2, 0) is 27.3 Å². The summed E-state index contributed by atoms with van der Waals surface area (Å²) in [5.41, 5.74) is 5.78. The minimum absolute atomic E-state index is 0.437. The number of carbonyl (C=O) groups is 2. The van der Waals surface area contributed by atoms with Gasteiger partial charge in [0.05, 0.1) is 30.5 Å². The van der Waals surface area contributed by atoms with E-state index in [9.17, 15) is 14.9 Å². The van der Waals surface area contributed by atoms with Gasteiger partial charge >= 0.3 is 5.97 Å². The Morgan fingerprint density at radius 1 is 1.08 bits per heavy atom. The largest absolute Gasteiger partial charge is 0.494 e. The first-order valence-electron chi connectivity index (χ1n) is 12.8. The van der Waals surface area contributed by atoms with Crippen LogP contribution in [0.5, 0.6) is 5.75 Å². The first-order valence-corrected chi connectivity index (χ1v) is 12.8. The molecule has 1 amide bonds. The molecule has 0 bridgehead atoms. The fourth-order valence-corrected chi connectivity index (χ4v) is 4.41. The van der Waals surface area contributed by atoms with Crippen LogP contribution in [0.25, 0.3) is 22.2 Å². The zero-order chi connectivity index (χ0) is 28.2. The van der Waals surface area contributed by atoms with Crippen LogP contribution in [0.1, 0.15) is 25.0 Å². The lowest BCUT2D eigenvalue weighted by Crippen LogP contribution is -2.38. The summed E-state index contributed by atoms with van der Waals surface area (Å²) in [6, 6.07) is 25.3. The molecule has 0 saturated heterocycles. The van der Waals surface area contributed by atoms with Crippen molar-refractivity contribution in [3.8, 4) is 23.1 Å². The van der Waals surface area contributed by atoms with Gasteiger partial charge in [0.25, 0.3) is 0 Å². The second-order valence-corrected chi connectivity index (χ2v) is 8.57. The molecule has 39 heavy (non-hydrogen) atoms. The molecule has 2 N–H and O–H groups in total. The highest BCUT2D eigenvalue weighted by Crippen LogP contribution is 2.35. The molecule has 1 heterocycles. The number of ether oxygens (including phenoxy) is 2. The van der Waals surface area contributed by atoms with Crippen LogP contribution in [-0.4, -0.2) is 43.8 Å². The van der Waals surface area contributed by atoms with Crippen molar-refractivity contribution in [1.82, 2.24) is 9.88 Å². The Kier molecular flexibility index (Phi) is 10.5. The summed E-state index contributed by atoms with van der Waals surface area (Å²) < 4.78 is 12.4. The Morgan fingerprint density at radius 3 is 2.36 bits per heavy atom. The Labute approximate surface area is 229 Å². The number of benzene rings is 3. The van der Waals surface area contributed by atoms with Gasteiger partial charge in [-0.1, -0.05) is 42.5 Å². The van der Waals surface area contributed by atoms with Crippen LogP contribution >= 0.6 is 0 Å². The lowest BCUT2D eigenvalue weighted by molar-refractivity contribution is -0.144. The molecule has 0 fully saturated rings. The van der Waals surface area contributed by atoms with Crippen LogP contribution in [0.4, 0.5) is 5.69 Å². The van der Waals surface area contributed by atoms with Gasteiger partial charge in [-0.25, -0.2) is 4.79 Å². The SMILES string of the molecule is CCOc1ccc2c(C#N)c(-c3ccc(NC)cc3)n(CC)c2c1.COC(=O)C(Cc1ccccc1)NC=O. The van der Waals surface area contributed by atoms with Crippen molar-refractivity contribution < 1.29 is 19.1 Å². The number of aryl methyl sites for hydroxylation is 1. The van der Waals surface area contributed by atoms with E-state index in [-0.39, 0.29) is 0 Å². The number of fused-ring (bicyclic) bond motifs is 1. The number of rotatable bonds is 10. The number of amides is 1. The van der Waals surface area contributed by atoms with E-state index in [1.165, 1.54) is 7.11 Å². The number of methoxy groups -OCH3 is 1. The summed E-state index contributed by atoms with van der Waals surface area (Å²) >= 11 is 0. The number of hydrogen-bond acceptors (Lipinski definition) is 6. The molecule has 0 aliphatic carbocycles. The molecule has 4 rings (SSSR count). The molecular weight excluding hydrogens is 492 g/mol. The summed E-state index contributed by atoms with van der Waals surface area (Å²) in [4.78, 5) is 21.6. The lowest BCUT2D eigenvalue weighted by Gasteiger charge is -2.13. The molecule has 8 heteroatoms. The molecule has 0 saturated carbocycles. The minimum Gasteiger partial charge on any atom is -0.494 e. The topological polar surface area (TPSA) is 105 Å². The molecule has 1 unspecified atom stereocenters. The summed E-state index contributed by atoms with van der Waals surface area (Å²) in [5, 5.41) is 16.3. The van der Waals surface area contributed by atoms with Gasteiger partial charge in [0.1, 0.15) is 17.9 Å². The lowest BCUT2D eigenvalue weighted by atomic mass is 10.1. The number of nitrogens with zero attached hydrogens (tertiary/aromatic N) is 2. The van der Waals surface area contributed by atoms with Gasteiger partial charge in [-0.2, -0.15) is 5.26 Å². The van der Waals surface area contributed by atoms with E-state index in [0.717, 1.165) is 45.7 Å². The molecular formula is C31H34N4O4. The molecule has 4 aromatic rings. The Hall–Kier alpha value is -4.77. The third-order valence-corrected chi connectivity index (χ3v) is 6.26. The summed E-state index contributed by atoms with van der Waals surface area (Å²) in [5.74, 6) is 0.393. The van der Waals surface area contributed by atoms with Crippen LogP contribution in [0, 0.1) is 11.3 Å². The van der Waals surface area contributed by atoms with Gasteiger partial charge in [0.2, 0.25) is 6.41 Å². The van der Waals surface area contributed by atoms with Crippen LogP contribution < -0.4 is 15.4 Å². The molecule has 0 aliphatic heterocycles. The third-order valence-electron chi connectivity index (χ3n) is 6.26. The van der Waals surface area contributed by atoms with E-state index in [1.54, 1.807) is 0 Å². The van der Waals surface area contributed by atoms with Crippen molar-refractivity contribution in [3.05, 3.63) is 83.9 Å². The summed E-state index contributed by atoms with van der Waals surface area (Å²) in [7, 11) is 3.20. The van der Waals surface area contributed by atoms with Crippen molar-refractivity contribution in [1.29, 1.82) is 5.26 Å². The van der Waals surface area contributed by atoms with Crippen molar-refractivity contribution in [2.45, 2.75) is 32.9 Å². The second-order valence-electron chi connectivity index (χ2n) is 8.57. The molecule has 0 radical (unpaired) electrons. The standard InChI is InChI=1S/C20H21N3O.C11H13NO3/c1-4-23-19-12-16(24-5-2)10-11-17(19)18(13-21)20(23)14-6-8-15(22-3)9-7-14;1-15-11(14)10(12-8-13)7-9-5-3-2-4-6-9/h6-12,22H,4-5H2,1-3H3;2-6,8,10H,7H2,1H3,(H,12,13). The van der Waals surface area contributed by atoms with Crippen molar-refractivity contribution in [2.75, 3.05) is 26.1 Å². The van der Waals surface area contributed by atoms with Gasteiger partial charge in [-0.05, 0) is 49.2 Å². The van der Waals surface area contributed by atoms with E-state index in [1.807, 2.05) is 74.6 Å². The Morgan fingerprint density at radius 2 is 1.79 bits per heavy atom. The highest BCUT2D eigenvalue weighted by Gasteiger charge is 2.19. The van der Waals surface area contributed by atoms with Crippen molar-refractivity contribution in [3.63, 3.8) is 0 Å². The van der Waals surface area contributed by atoms with E-state index in [0.29, 0.717) is 25.0 Å². The van der Waals surface area contributed by atoms with Gasteiger partial charge in [-0.15, -0.1) is 0 Å². The maximum Gasteiger partial charge on any atom is 0.328 e. The normalized spacial score (nSPS) is 10.9. The molecule has 0 aliphatic rings. The molecule has 1 aromatic heterocycles. The van der Waals surface area contributed by atoms with E-state index < -0.39 is 12.0 Å². The first kappa shape index (κ1) is 28.8. The number of nitrogens with one attached hydrogen (secondary N) is 2. The first-order chi connectivity index (χ1) is 19.0. The fourth-order valence-electron chi connectivity index (χ4n) is 4.41. The van der Waals surface area contributed by atoms with Gasteiger partial charge in [-0.3, -0.25) is 4.79 Å². The van der Waals surface area contributed by atoms with Gasteiger partial charge in [0.15, 0.2) is 0 Å². The number of nitriles is 1. The van der Waals surface area contributed by atoms with E-state index in [4.69, 9.17) is 4.74 Å². The highest BCUT2D eigenvalue weighted by atomic mass is 16.5. The number of carbonyl (C=O) groups excluding carboxylic acids is 2. The number of aromatic nitrogens is 1. The second kappa shape index (κ2) is 14.2. The van der Waals surface area contributed by atoms with Crippen molar-refractivity contribution in [2.24, 2.45) is 0 Å². The molecule has 8 nitrogen and oxygen atoms in total. The van der Waals surface area contributed by atoms with Crippen LogP contribution in [0.2, 0.25) is 0 Å². The molecule has 1 atom stereocenters. The van der Waals surface area contributed by atoms with Gasteiger partial charge < -0.3 is 24.7 Å². The monoisotopic (exact) mass is 526 g/mol. The number of esters is 1. The maximum absolute atomic E-state index is 11.3. The zero-order valence-electron chi connectivity index (χ0n) is 22.7. The maximum atomic E-state index is 11.3. The Balaban J connectivity index is 0.000000242. The fraction of sp³-hybridized carbons (Fsp3) is 0.258. The molecule has 0 spiro atoms. The third kappa shape index (κ3) is 6.96. The van der Waals surface area contributed by atoms with E-state index >= 15 is 0 Å². The van der Waals surface area contributed by atoms with Crippen LogP contribution in [0.15, 0.2) is 72.8 Å². The average molecular weight is 527 g/mol. The predicted molar refractivity (Wildman–Crippen MR) is 154 cm³/mol. The minimum atomic E-state index is -0.616. The zero-order valence-corrected chi connectivity index (χ0v) is 22.7. The average Bonchev–Trinajstić information content (AvgIpc) is 3.30. The summed E-state index contributed by atoms with van der Waals surface area (Å²) in [6.07, 6.45) is 0.941. The number of hydrogen-bond donors (Lipinski definition) is 2. The predicted octanol–water partition coefficient (Wildman–Crippen LogP) is 5.16. The highest BCUT2D eigenvalue weighted by molar-refractivity contribution is 5.95. The quantitative estimate of drug-likeness (QED) is 0.219. The molecule has 3 aromatic carbocycles. The smallest absolute Gasteiger partial charge is 0.328 e. The van der Waals surface area contributed by atoms with Crippen LogP contribution in [0.3, 0.4) is 0 Å². The Bertz CT molecular complexity index is 1420. The summed E-state index contributed by atoms with van der Waals surface area (Å²) in [6.45, 7) is 5.48. The van der Waals surface area contributed by atoms with E-state index in [2.05, 4.69) is 45.1 Å². The van der Waals surface area contributed by atoms with Gasteiger partial charge in [0, 0.05) is 37.2 Å². The molecule has 202 valence electrons.